The van der Waals surface area contributed by atoms with Crippen LogP contribution in [0.2, 0.25) is 0 Å². The fraction of sp³-hybridized carbons (Fsp3) is 0.182. The Balaban J connectivity index is 2.58. The molecule has 0 saturated heterocycles. The normalized spacial score (nSPS) is 11.6. The predicted octanol–water partition coefficient (Wildman–Crippen LogP) is 2.29. The van der Waals surface area contributed by atoms with E-state index in [2.05, 4.69) is 9.97 Å². The van der Waals surface area contributed by atoms with Crippen LogP contribution in [0.25, 0.3) is 5.82 Å². The number of aromatic carboxylic acids is 1. The van der Waals surface area contributed by atoms with E-state index in [-0.39, 0.29) is 5.82 Å². The van der Waals surface area contributed by atoms with Crippen LogP contribution in [0.5, 0.6) is 0 Å². The van der Waals surface area contributed by atoms with Crippen LogP contribution in [-0.4, -0.2) is 25.6 Å². The molecule has 2 aromatic rings. The van der Waals surface area contributed by atoms with Gasteiger partial charge in [0.15, 0.2) is 0 Å². The Bertz CT molecular complexity index is 634. The molecule has 0 aliphatic heterocycles. The molecule has 100 valence electrons. The Morgan fingerprint density at radius 2 is 2.00 bits per heavy atom. The number of aryl methyl sites for hydroxylation is 1. The van der Waals surface area contributed by atoms with E-state index in [1.165, 1.54) is 12.4 Å². The molecule has 0 unspecified atom stereocenters. The second kappa shape index (κ2) is 4.38. The molecule has 0 fully saturated rings. The van der Waals surface area contributed by atoms with Gasteiger partial charge in [0.1, 0.15) is 12.1 Å². The van der Waals surface area contributed by atoms with Crippen molar-refractivity contribution in [3.8, 4) is 5.82 Å². The first kappa shape index (κ1) is 13.1. The SMILES string of the molecule is Cc1cc(-n2cc(C(=O)O)c(C(F)(F)F)c2)ncn1. The number of carboxylic acids is 1. The van der Waals surface area contributed by atoms with E-state index in [4.69, 9.17) is 5.11 Å². The minimum Gasteiger partial charge on any atom is -0.478 e. The van der Waals surface area contributed by atoms with E-state index in [1.807, 2.05) is 0 Å². The molecule has 0 spiro atoms. The third-order valence-corrected chi connectivity index (χ3v) is 2.42. The largest absolute Gasteiger partial charge is 0.478 e. The summed E-state index contributed by atoms with van der Waals surface area (Å²) in [6, 6.07) is 1.45. The van der Waals surface area contributed by atoms with Crippen LogP contribution in [0.4, 0.5) is 13.2 Å². The first-order valence-corrected chi connectivity index (χ1v) is 5.10. The van der Waals surface area contributed by atoms with E-state index in [9.17, 15) is 18.0 Å². The predicted molar refractivity (Wildman–Crippen MR) is 58.1 cm³/mol. The summed E-state index contributed by atoms with van der Waals surface area (Å²) in [5, 5.41) is 8.80. The van der Waals surface area contributed by atoms with Crippen LogP contribution in [0.1, 0.15) is 21.6 Å². The lowest BCUT2D eigenvalue weighted by Gasteiger charge is -2.04. The van der Waals surface area contributed by atoms with Crippen molar-refractivity contribution in [1.29, 1.82) is 0 Å². The number of alkyl halides is 3. The van der Waals surface area contributed by atoms with Crippen LogP contribution in [-0.2, 0) is 6.18 Å². The maximum atomic E-state index is 12.7. The van der Waals surface area contributed by atoms with Gasteiger partial charge in [-0.15, -0.1) is 0 Å². The maximum Gasteiger partial charge on any atom is 0.418 e. The summed E-state index contributed by atoms with van der Waals surface area (Å²) in [7, 11) is 0. The standard InChI is InChI=1S/C11H8F3N3O2/c1-6-2-9(16-5-15-6)17-3-7(10(18)19)8(4-17)11(12,13)14/h2-5H,1H3,(H,18,19). The van der Waals surface area contributed by atoms with Crippen molar-refractivity contribution in [3.05, 3.63) is 41.6 Å². The van der Waals surface area contributed by atoms with E-state index in [0.717, 1.165) is 10.8 Å². The van der Waals surface area contributed by atoms with Gasteiger partial charge in [-0.25, -0.2) is 14.8 Å². The number of hydrogen-bond donors (Lipinski definition) is 1. The minimum absolute atomic E-state index is 0.172. The third kappa shape index (κ3) is 2.56. The molecule has 0 atom stereocenters. The van der Waals surface area contributed by atoms with Gasteiger partial charge in [0, 0.05) is 24.2 Å². The zero-order chi connectivity index (χ0) is 14.2. The molecule has 8 heteroatoms. The molecule has 0 amide bonds. The van der Waals surface area contributed by atoms with Crippen molar-refractivity contribution in [2.45, 2.75) is 13.1 Å². The highest BCUT2D eigenvalue weighted by Crippen LogP contribution is 2.33. The second-order valence-corrected chi connectivity index (χ2v) is 3.81. The highest BCUT2D eigenvalue weighted by Gasteiger charge is 2.37. The number of rotatable bonds is 2. The van der Waals surface area contributed by atoms with Crippen molar-refractivity contribution in [3.63, 3.8) is 0 Å². The summed E-state index contributed by atoms with van der Waals surface area (Å²) in [4.78, 5) is 18.4. The minimum atomic E-state index is -4.74. The Kier molecular flexibility index (Phi) is 3.01. The molecule has 5 nitrogen and oxygen atoms in total. The Morgan fingerprint density at radius 1 is 1.32 bits per heavy atom. The van der Waals surface area contributed by atoms with E-state index < -0.39 is 23.3 Å². The average molecular weight is 271 g/mol. The lowest BCUT2D eigenvalue weighted by atomic mass is 10.2. The highest BCUT2D eigenvalue weighted by molar-refractivity contribution is 5.89. The monoisotopic (exact) mass is 271 g/mol. The molecule has 0 aliphatic carbocycles. The summed E-state index contributed by atoms with van der Waals surface area (Å²) >= 11 is 0. The molecule has 0 radical (unpaired) electrons. The zero-order valence-electron chi connectivity index (χ0n) is 9.64. The summed E-state index contributed by atoms with van der Waals surface area (Å²) < 4.78 is 39.1. The Labute approximate surface area is 105 Å². The molecule has 0 aromatic carbocycles. The van der Waals surface area contributed by atoms with E-state index >= 15 is 0 Å². The van der Waals surface area contributed by atoms with Gasteiger partial charge in [-0.05, 0) is 6.92 Å². The van der Waals surface area contributed by atoms with Gasteiger partial charge in [0.05, 0.1) is 11.1 Å². The second-order valence-electron chi connectivity index (χ2n) is 3.81. The first-order chi connectivity index (χ1) is 8.79. The van der Waals surface area contributed by atoms with E-state index in [1.54, 1.807) is 6.92 Å². The molecular formula is C11H8F3N3O2. The van der Waals surface area contributed by atoms with Gasteiger partial charge in [-0.1, -0.05) is 0 Å². The number of carbonyl (C=O) groups is 1. The molecule has 0 saturated carbocycles. The number of carboxylic acid groups (broad SMARTS) is 1. The average Bonchev–Trinajstić information content (AvgIpc) is 2.73. The summed E-state index contributed by atoms with van der Waals surface area (Å²) in [5.74, 6) is -1.47. The topological polar surface area (TPSA) is 68.0 Å². The lowest BCUT2D eigenvalue weighted by Crippen LogP contribution is -2.09. The lowest BCUT2D eigenvalue weighted by molar-refractivity contribution is -0.138. The van der Waals surface area contributed by atoms with Crippen molar-refractivity contribution in [1.82, 2.24) is 14.5 Å². The molecule has 1 N–H and O–H groups in total. The summed E-state index contributed by atoms with van der Waals surface area (Å²) in [6.45, 7) is 1.65. The van der Waals surface area contributed by atoms with Gasteiger partial charge < -0.3 is 9.67 Å². The molecule has 2 rings (SSSR count). The summed E-state index contributed by atoms with van der Waals surface area (Å²) in [5.41, 5.74) is -1.47. The highest BCUT2D eigenvalue weighted by atomic mass is 19.4. The Morgan fingerprint density at radius 3 is 2.47 bits per heavy atom. The molecular weight excluding hydrogens is 263 g/mol. The number of hydrogen-bond acceptors (Lipinski definition) is 3. The van der Waals surface area contributed by atoms with Crippen LogP contribution in [0.15, 0.2) is 24.8 Å². The van der Waals surface area contributed by atoms with Crippen molar-refractivity contribution in [2.75, 3.05) is 0 Å². The van der Waals surface area contributed by atoms with Crippen LogP contribution < -0.4 is 0 Å². The van der Waals surface area contributed by atoms with Crippen molar-refractivity contribution in [2.24, 2.45) is 0 Å². The quantitative estimate of drug-likeness (QED) is 0.909. The van der Waals surface area contributed by atoms with E-state index in [0.29, 0.717) is 11.9 Å². The van der Waals surface area contributed by atoms with Crippen molar-refractivity contribution < 1.29 is 23.1 Å². The third-order valence-electron chi connectivity index (χ3n) is 2.42. The number of aromatic nitrogens is 3. The van der Waals surface area contributed by atoms with Gasteiger partial charge in [-0.3, -0.25) is 0 Å². The molecule has 19 heavy (non-hydrogen) atoms. The molecule has 2 aromatic heterocycles. The van der Waals surface area contributed by atoms with Gasteiger partial charge >= 0.3 is 12.1 Å². The fourth-order valence-corrected chi connectivity index (χ4v) is 1.56. The molecule has 0 bridgehead atoms. The maximum absolute atomic E-state index is 12.7. The number of nitrogens with zero attached hydrogens (tertiary/aromatic N) is 3. The smallest absolute Gasteiger partial charge is 0.418 e. The molecule has 2 heterocycles. The Hall–Kier alpha value is -2.38. The zero-order valence-corrected chi connectivity index (χ0v) is 9.64. The number of halogens is 3. The fourth-order valence-electron chi connectivity index (χ4n) is 1.56. The van der Waals surface area contributed by atoms with Gasteiger partial charge in [0.25, 0.3) is 0 Å². The van der Waals surface area contributed by atoms with Crippen molar-refractivity contribution >= 4 is 5.97 Å². The van der Waals surface area contributed by atoms with Crippen LogP contribution in [0, 0.1) is 6.92 Å². The van der Waals surface area contributed by atoms with Crippen LogP contribution >= 0.6 is 0 Å². The molecule has 0 aliphatic rings. The van der Waals surface area contributed by atoms with Gasteiger partial charge in [-0.2, -0.15) is 13.2 Å². The summed E-state index contributed by atoms with van der Waals surface area (Å²) in [6.07, 6.45) is -1.96. The van der Waals surface area contributed by atoms with Gasteiger partial charge in [0.2, 0.25) is 0 Å². The first-order valence-electron chi connectivity index (χ1n) is 5.10. The van der Waals surface area contributed by atoms with Crippen LogP contribution in [0.3, 0.4) is 0 Å².